The Morgan fingerprint density at radius 2 is 2.04 bits per heavy atom. The minimum absolute atomic E-state index is 0.000413. The SMILES string of the molecule is O=C(O)CCCNN1C(=O)C(=Cc2cc(-c3ccc(F)c(F)c3)cs2)SC1=S. The third-order valence-corrected chi connectivity index (χ3v) is 5.96. The van der Waals surface area contributed by atoms with Crippen LogP contribution in [0, 0.1) is 11.6 Å². The smallest absolute Gasteiger partial charge is 0.303 e. The van der Waals surface area contributed by atoms with Gasteiger partial charge in [-0.2, -0.15) is 0 Å². The Morgan fingerprint density at radius 1 is 1.25 bits per heavy atom. The predicted octanol–water partition coefficient (Wildman–Crippen LogP) is 4.26. The van der Waals surface area contributed by atoms with E-state index in [2.05, 4.69) is 5.43 Å². The van der Waals surface area contributed by atoms with Gasteiger partial charge >= 0.3 is 5.97 Å². The Kier molecular flexibility index (Phi) is 6.55. The molecule has 3 rings (SSSR count). The number of hydrogen-bond acceptors (Lipinski definition) is 6. The number of carbonyl (C=O) groups is 2. The van der Waals surface area contributed by atoms with Crippen molar-refractivity contribution in [2.45, 2.75) is 12.8 Å². The van der Waals surface area contributed by atoms with Crippen molar-refractivity contribution in [2.24, 2.45) is 0 Å². The quantitative estimate of drug-likeness (QED) is 0.381. The molecule has 0 bridgehead atoms. The number of aliphatic carboxylic acids is 1. The van der Waals surface area contributed by atoms with Crippen LogP contribution in [0.5, 0.6) is 0 Å². The van der Waals surface area contributed by atoms with Crippen LogP contribution in [0.4, 0.5) is 8.78 Å². The summed E-state index contributed by atoms with van der Waals surface area (Å²) in [6.45, 7) is 0.311. The van der Waals surface area contributed by atoms with E-state index >= 15 is 0 Å². The molecule has 1 saturated heterocycles. The zero-order valence-electron chi connectivity index (χ0n) is 14.3. The number of nitrogens with zero attached hydrogens (tertiary/aromatic N) is 1. The number of carbonyl (C=O) groups excluding carboxylic acids is 1. The zero-order chi connectivity index (χ0) is 20.3. The molecule has 0 unspecified atom stereocenters. The average Bonchev–Trinajstić information content (AvgIpc) is 3.20. The lowest BCUT2D eigenvalue weighted by Gasteiger charge is -2.15. The molecule has 0 atom stereocenters. The molecule has 2 N–H and O–H groups in total. The van der Waals surface area contributed by atoms with Crippen molar-refractivity contribution in [3.8, 4) is 11.1 Å². The van der Waals surface area contributed by atoms with E-state index in [9.17, 15) is 18.4 Å². The molecule has 0 saturated carbocycles. The van der Waals surface area contributed by atoms with Gasteiger partial charge < -0.3 is 5.11 Å². The predicted molar refractivity (Wildman–Crippen MR) is 110 cm³/mol. The van der Waals surface area contributed by atoms with Crippen molar-refractivity contribution in [1.82, 2.24) is 10.4 Å². The highest BCUT2D eigenvalue weighted by atomic mass is 32.2. The molecule has 1 aliphatic rings. The van der Waals surface area contributed by atoms with Gasteiger partial charge in [0, 0.05) is 17.8 Å². The summed E-state index contributed by atoms with van der Waals surface area (Å²) < 4.78 is 26.8. The number of hydrazine groups is 1. The normalized spacial score (nSPS) is 15.6. The Morgan fingerprint density at radius 3 is 2.75 bits per heavy atom. The summed E-state index contributed by atoms with van der Waals surface area (Å²) >= 11 is 7.70. The van der Waals surface area contributed by atoms with Crippen molar-refractivity contribution >= 4 is 57.6 Å². The molecule has 1 fully saturated rings. The number of carboxylic acid groups (broad SMARTS) is 1. The number of nitrogens with one attached hydrogen (secondary N) is 1. The fourth-order valence-corrected chi connectivity index (χ4v) is 4.55. The van der Waals surface area contributed by atoms with Crippen LogP contribution in [0.1, 0.15) is 17.7 Å². The summed E-state index contributed by atoms with van der Waals surface area (Å²) in [5.41, 5.74) is 4.10. The fourth-order valence-electron chi connectivity index (χ4n) is 2.42. The number of rotatable bonds is 7. The summed E-state index contributed by atoms with van der Waals surface area (Å²) in [5.74, 6) is -3.03. The summed E-state index contributed by atoms with van der Waals surface area (Å²) in [7, 11) is 0. The first-order chi connectivity index (χ1) is 13.3. The van der Waals surface area contributed by atoms with Crippen molar-refractivity contribution in [1.29, 1.82) is 0 Å². The molecule has 1 aliphatic heterocycles. The van der Waals surface area contributed by atoms with E-state index in [4.69, 9.17) is 17.3 Å². The van der Waals surface area contributed by atoms with Crippen LogP contribution in [-0.2, 0) is 9.59 Å². The lowest BCUT2D eigenvalue weighted by molar-refractivity contribution is -0.137. The van der Waals surface area contributed by atoms with Gasteiger partial charge in [-0.1, -0.05) is 30.0 Å². The molecule has 1 amide bonds. The topological polar surface area (TPSA) is 69.6 Å². The summed E-state index contributed by atoms with van der Waals surface area (Å²) in [5, 5.41) is 11.7. The molecule has 5 nitrogen and oxygen atoms in total. The van der Waals surface area contributed by atoms with Crippen LogP contribution in [-0.4, -0.2) is 32.9 Å². The third kappa shape index (κ3) is 4.82. The Balaban J connectivity index is 1.69. The van der Waals surface area contributed by atoms with Crippen LogP contribution in [0.3, 0.4) is 0 Å². The Hall–Kier alpha value is -2.14. The van der Waals surface area contributed by atoms with Crippen LogP contribution >= 0.6 is 35.3 Å². The number of benzene rings is 1. The number of halogens is 2. The van der Waals surface area contributed by atoms with Gasteiger partial charge in [0.05, 0.1) is 4.91 Å². The number of thiocarbonyl (C=S) groups is 1. The second kappa shape index (κ2) is 8.91. The molecule has 0 aliphatic carbocycles. The maximum Gasteiger partial charge on any atom is 0.303 e. The van der Waals surface area contributed by atoms with Gasteiger partial charge in [0.1, 0.15) is 0 Å². The van der Waals surface area contributed by atoms with Gasteiger partial charge in [0.15, 0.2) is 16.0 Å². The molecule has 2 heterocycles. The molecule has 1 aromatic heterocycles. The number of thiophene rings is 1. The van der Waals surface area contributed by atoms with E-state index in [1.54, 1.807) is 17.5 Å². The van der Waals surface area contributed by atoms with Crippen molar-refractivity contribution in [3.63, 3.8) is 0 Å². The lowest BCUT2D eigenvalue weighted by Crippen LogP contribution is -2.41. The monoisotopic (exact) mass is 440 g/mol. The van der Waals surface area contributed by atoms with Crippen molar-refractivity contribution in [3.05, 3.63) is 51.1 Å². The molecule has 0 radical (unpaired) electrons. The minimum Gasteiger partial charge on any atom is -0.481 e. The molecular formula is C18H14F2N2O3S3. The zero-order valence-corrected chi connectivity index (χ0v) is 16.7. The average molecular weight is 441 g/mol. The molecule has 1 aromatic carbocycles. The van der Waals surface area contributed by atoms with E-state index < -0.39 is 17.6 Å². The Labute approximate surface area is 173 Å². The highest BCUT2D eigenvalue weighted by Crippen LogP contribution is 2.34. The fraction of sp³-hybridized carbons (Fsp3) is 0.167. The summed E-state index contributed by atoms with van der Waals surface area (Å²) in [4.78, 5) is 24.2. The van der Waals surface area contributed by atoms with Gasteiger partial charge in [-0.25, -0.2) is 19.2 Å². The molecule has 28 heavy (non-hydrogen) atoms. The highest BCUT2D eigenvalue weighted by molar-refractivity contribution is 8.26. The second-order valence-corrected chi connectivity index (χ2v) is 8.41. The first-order valence-electron chi connectivity index (χ1n) is 8.12. The maximum atomic E-state index is 13.4. The standard InChI is InChI=1S/C18H14F2N2O3S3/c19-13-4-3-10(7-14(13)20)11-6-12(27-9-11)8-15-17(25)22(18(26)28-15)21-5-1-2-16(23)24/h3-4,6-9,21H,1-2,5H2,(H,23,24). The van der Waals surface area contributed by atoms with Crippen molar-refractivity contribution < 1.29 is 23.5 Å². The van der Waals surface area contributed by atoms with E-state index in [0.29, 0.717) is 27.8 Å². The first kappa shape index (κ1) is 20.6. The van der Waals surface area contributed by atoms with Gasteiger partial charge in [-0.3, -0.25) is 9.59 Å². The second-order valence-electron chi connectivity index (χ2n) is 5.79. The van der Waals surface area contributed by atoms with Crippen molar-refractivity contribution in [2.75, 3.05) is 6.54 Å². The van der Waals surface area contributed by atoms with E-state index in [-0.39, 0.29) is 12.3 Å². The summed E-state index contributed by atoms with van der Waals surface area (Å²) in [6, 6.07) is 5.47. The molecular weight excluding hydrogens is 426 g/mol. The molecule has 10 heteroatoms. The van der Waals surface area contributed by atoms with Crippen LogP contribution < -0.4 is 5.43 Å². The number of amides is 1. The molecule has 146 valence electrons. The van der Waals surface area contributed by atoms with E-state index in [1.165, 1.54) is 22.4 Å². The lowest BCUT2D eigenvalue weighted by atomic mass is 10.1. The summed E-state index contributed by atoms with van der Waals surface area (Å²) in [6.07, 6.45) is 2.06. The third-order valence-electron chi connectivity index (χ3n) is 3.78. The number of carboxylic acids is 1. The number of thioether (sulfide) groups is 1. The van der Waals surface area contributed by atoms with E-state index in [1.807, 2.05) is 0 Å². The van der Waals surface area contributed by atoms with Gasteiger partial charge in [0.2, 0.25) is 0 Å². The maximum absolute atomic E-state index is 13.4. The van der Waals surface area contributed by atoms with Crippen LogP contribution in [0.2, 0.25) is 0 Å². The van der Waals surface area contributed by atoms with Crippen LogP contribution in [0.25, 0.3) is 17.2 Å². The molecule has 0 spiro atoms. The number of hydrogen-bond donors (Lipinski definition) is 2. The highest BCUT2D eigenvalue weighted by Gasteiger charge is 2.32. The largest absolute Gasteiger partial charge is 0.481 e. The van der Waals surface area contributed by atoms with Gasteiger partial charge in [-0.15, -0.1) is 11.3 Å². The van der Waals surface area contributed by atoms with Crippen LogP contribution in [0.15, 0.2) is 34.6 Å². The Bertz CT molecular complexity index is 975. The van der Waals surface area contributed by atoms with Gasteiger partial charge in [-0.05, 0) is 47.2 Å². The molecule has 2 aromatic rings. The first-order valence-corrected chi connectivity index (χ1v) is 10.2. The van der Waals surface area contributed by atoms with Gasteiger partial charge in [0.25, 0.3) is 5.91 Å². The minimum atomic E-state index is -0.917. The van der Waals surface area contributed by atoms with E-state index in [0.717, 1.165) is 34.3 Å².